The molecule has 1 aliphatic heterocycles. The molecule has 236 valence electrons. The van der Waals surface area contributed by atoms with Gasteiger partial charge >= 0.3 is 5.76 Å². The standard InChI is InChI=1S/C29H45N9O4S/c1-17(2)43(40,41)36-13-14-37(19(4)15-36)28-33-25-23(38(28)16-21-11-9-18(3)10-12-21)24(30-20(5)22-7-6-8-22)31-26(32-25)27-34-29(39)42-35-27/h17-22H,6-16H2,1-5H3,(H,30,31,32)(H,34,35,39)/t18?,19-,20-,21?/m1/s1. The number of piperazine rings is 1. The van der Waals surface area contributed by atoms with Gasteiger partial charge in [0.25, 0.3) is 0 Å². The van der Waals surface area contributed by atoms with Gasteiger partial charge in [-0.15, -0.1) is 0 Å². The number of fused-ring (bicyclic) bond motifs is 1. The van der Waals surface area contributed by atoms with E-state index in [4.69, 9.17) is 19.5 Å². The molecule has 14 heteroatoms. The fraction of sp³-hybridized carbons (Fsp3) is 0.759. The molecule has 2 N–H and O–H groups in total. The lowest BCUT2D eigenvalue weighted by atomic mass is 9.80. The van der Waals surface area contributed by atoms with Gasteiger partial charge in [-0.2, -0.15) is 9.29 Å². The van der Waals surface area contributed by atoms with Gasteiger partial charge in [0.05, 0.1) is 5.25 Å². The van der Waals surface area contributed by atoms with E-state index in [1.807, 2.05) is 0 Å². The quantitative estimate of drug-likeness (QED) is 0.363. The topological polar surface area (TPSA) is 155 Å². The van der Waals surface area contributed by atoms with Crippen molar-refractivity contribution in [2.24, 2.45) is 17.8 Å². The molecule has 2 saturated carbocycles. The van der Waals surface area contributed by atoms with E-state index in [0.717, 1.165) is 36.8 Å². The highest BCUT2D eigenvalue weighted by molar-refractivity contribution is 7.89. The molecule has 0 amide bonds. The third-order valence-electron chi connectivity index (χ3n) is 9.84. The summed E-state index contributed by atoms with van der Waals surface area (Å²) in [5.74, 6) is 2.97. The summed E-state index contributed by atoms with van der Waals surface area (Å²) in [7, 11) is -3.36. The summed E-state index contributed by atoms with van der Waals surface area (Å²) in [6.07, 6.45) is 8.31. The van der Waals surface area contributed by atoms with Crippen LogP contribution in [0.25, 0.3) is 22.8 Å². The summed E-state index contributed by atoms with van der Waals surface area (Å²) < 4.78 is 34.6. The molecule has 3 aromatic rings. The van der Waals surface area contributed by atoms with E-state index < -0.39 is 21.0 Å². The molecule has 0 unspecified atom stereocenters. The second kappa shape index (κ2) is 11.8. The Kier molecular flexibility index (Phi) is 8.26. The molecule has 0 spiro atoms. The molecule has 43 heavy (non-hydrogen) atoms. The number of nitrogens with one attached hydrogen (secondary N) is 2. The van der Waals surface area contributed by atoms with Crippen LogP contribution in [0.1, 0.15) is 79.6 Å². The zero-order valence-corrected chi connectivity index (χ0v) is 26.7. The second-order valence-corrected chi connectivity index (χ2v) is 15.8. The van der Waals surface area contributed by atoms with E-state index in [-0.39, 0.29) is 23.7 Å². The number of aromatic amines is 1. The molecular weight excluding hydrogens is 570 g/mol. The summed E-state index contributed by atoms with van der Waals surface area (Å²) in [5, 5.41) is 7.07. The first kappa shape index (κ1) is 30.0. The third kappa shape index (κ3) is 5.92. The van der Waals surface area contributed by atoms with Gasteiger partial charge < -0.3 is 14.8 Å². The minimum atomic E-state index is -3.36. The first-order valence-electron chi connectivity index (χ1n) is 15.9. The average molecular weight is 616 g/mol. The van der Waals surface area contributed by atoms with Gasteiger partial charge in [0, 0.05) is 38.3 Å². The Bertz CT molecular complexity index is 1600. The van der Waals surface area contributed by atoms with Gasteiger partial charge in [-0.25, -0.2) is 23.2 Å². The molecule has 13 nitrogen and oxygen atoms in total. The van der Waals surface area contributed by atoms with Gasteiger partial charge in [-0.1, -0.05) is 31.3 Å². The largest absolute Gasteiger partial charge is 0.439 e. The molecule has 0 bridgehead atoms. The highest BCUT2D eigenvalue weighted by Crippen LogP contribution is 2.37. The minimum absolute atomic E-state index is 0.0890. The van der Waals surface area contributed by atoms with Crippen molar-refractivity contribution in [2.45, 2.75) is 103 Å². The molecule has 6 rings (SSSR count). The Morgan fingerprint density at radius 3 is 2.37 bits per heavy atom. The van der Waals surface area contributed by atoms with E-state index in [1.165, 1.54) is 32.1 Å². The van der Waals surface area contributed by atoms with Gasteiger partial charge in [-0.05, 0) is 71.1 Å². The number of anilines is 2. The lowest BCUT2D eigenvalue weighted by Crippen LogP contribution is -2.55. The van der Waals surface area contributed by atoms with Crippen molar-refractivity contribution < 1.29 is 12.9 Å². The number of aromatic nitrogens is 6. The summed E-state index contributed by atoms with van der Waals surface area (Å²) in [5.41, 5.74) is 1.35. The van der Waals surface area contributed by atoms with Crippen molar-refractivity contribution in [3.63, 3.8) is 0 Å². The Balaban J connectivity index is 1.44. The van der Waals surface area contributed by atoms with Crippen molar-refractivity contribution in [1.29, 1.82) is 0 Å². The normalized spacial score (nSPS) is 24.9. The van der Waals surface area contributed by atoms with Crippen molar-refractivity contribution >= 4 is 33.0 Å². The lowest BCUT2D eigenvalue weighted by Gasteiger charge is -2.40. The molecule has 4 heterocycles. The number of imidazole rings is 1. The zero-order valence-electron chi connectivity index (χ0n) is 25.9. The minimum Gasteiger partial charge on any atom is -0.365 e. The van der Waals surface area contributed by atoms with Crippen LogP contribution in [0, 0.1) is 17.8 Å². The molecule has 0 aromatic carbocycles. The predicted octanol–water partition coefficient (Wildman–Crippen LogP) is 3.85. The maximum Gasteiger partial charge on any atom is 0.439 e. The number of hydrogen-bond donors (Lipinski definition) is 2. The number of sulfonamides is 1. The molecule has 2 aliphatic carbocycles. The fourth-order valence-corrected chi connectivity index (χ4v) is 8.10. The van der Waals surface area contributed by atoms with Gasteiger partial charge in [0.2, 0.25) is 27.6 Å². The van der Waals surface area contributed by atoms with Crippen LogP contribution in [0.3, 0.4) is 0 Å². The van der Waals surface area contributed by atoms with Gasteiger partial charge in [0.1, 0.15) is 5.52 Å². The maximum absolute atomic E-state index is 13.0. The number of nitrogens with zero attached hydrogens (tertiary/aromatic N) is 7. The lowest BCUT2D eigenvalue weighted by molar-refractivity contribution is 0.265. The Hall–Kier alpha value is -3.00. The highest BCUT2D eigenvalue weighted by atomic mass is 32.2. The smallest absolute Gasteiger partial charge is 0.365 e. The van der Waals surface area contributed by atoms with Crippen molar-refractivity contribution in [3.8, 4) is 11.6 Å². The first-order valence-corrected chi connectivity index (χ1v) is 17.4. The molecule has 3 aromatic heterocycles. The van der Waals surface area contributed by atoms with Crippen LogP contribution in [0.5, 0.6) is 0 Å². The molecule has 0 radical (unpaired) electrons. The molecule has 3 fully saturated rings. The Morgan fingerprint density at radius 2 is 1.77 bits per heavy atom. The average Bonchev–Trinajstić information content (AvgIpc) is 3.52. The van der Waals surface area contributed by atoms with Crippen LogP contribution in [-0.4, -0.2) is 79.4 Å². The maximum atomic E-state index is 13.0. The van der Waals surface area contributed by atoms with Crippen molar-refractivity contribution in [3.05, 3.63) is 10.6 Å². The third-order valence-corrected chi connectivity index (χ3v) is 12.1. The summed E-state index contributed by atoms with van der Waals surface area (Å²) in [6.45, 7) is 12.1. The van der Waals surface area contributed by atoms with Gasteiger partial charge in [0.15, 0.2) is 11.5 Å². The monoisotopic (exact) mass is 615 g/mol. The van der Waals surface area contributed by atoms with E-state index in [1.54, 1.807) is 18.2 Å². The SMILES string of the molecule is CC1CCC(Cn2c(N3CCN(S(=O)(=O)C(C)C)C[C@H]3C)nc3nc(-c4noc(=O)[nH]4)nc(N[C@H](C)C4CCC4)c32)CC1. The predicted molar refractivity (Wildman–Crippen MR) is 165 cm³/mol. The van der Waals surface area contributed by atoms with Crippen LogP contribution >= 0.6 is 0 Å². The van der Waals surface area contributed by atoms with Crippen LogP contribution in [0.2, 0.25) is 0 Å². The van der Waals surface area contributed by atoms with Crippen molar-refractivity contribution in [1.82, 2.24) is 34.0 Å². The van der Waals surface area contributed by atoms with Crippen LogP contribution < -0.4 is 16.0 Å². The number of hydrogen-bond acceptors (Lipinski definition) is 10. The molecule has 1 saturated heterocycles. The Labute approximate surface area is 252 Å². The Morgan fingerprint density at radius 1 is 1.02 bits per heavy atom. The summed E-state index contributed by atoms with van der Waals surface area (Å²) in [6, 6.07) is 0.107. The van der Waals surface area contributed by atoms with Crippen molar-refractivity contribution in [2.75, 3.05) is 29.9 Å². The fourth-order valence-electron chi connectivity index (χ4n) is 6.74. The summed E-state index contributed by atoms with van der Waals surface area (Å²) >= 11 is 0. The zero-order chi connectivity index (χ0) is 30.5. The van der Waals surface area contributed by atoms with Crippen LogP contribution in [0.15, 0.2) is 9.32 Å². The van der Waals surface area contributed by atoms with Crippen LogP contribution in [0.4, 0.5) is 11.8 Å². The highest BCUT2D eigenvalue weighted by Gasteiger charge is 2.36. The molecular formula is C29H45N9O4S. The summed E-state index contributed by atoms with van der Waals surface area (Å²) in [4.78, 5) is 31.4. The first-order chi connectivity index (χ1) is 20.5. The van der Waals surface area contributed by atoms with E-state index in [2.05, 4.69) is 45.7 Å². The molecule has 2 atom stereocenters. The second-order valence-electron chi connectivity index (χ2n) is 13.3. The van der Waals surface area contributed by atoms with Gasteiger partial charge in [-0.3, -0.25) is 9.51 Å². The van der Waals surface area contributed by atoms with E-state index in [0.29, 0.717) is 42.9 Å². The number of rotatable bonds is 9. The van der Waals surface area contributed by atoms with E-state index in [9.17, 15) is 13.2 Å². The number of H-pyrrole nitrogens is 1. The van der Waals surface area contributed by atoms with E-state index >= 15 is 0 Å². The van der Waals surface area contributed by atoms with Crippen LogP contribution in [-0.2, 0) is 16.6 Å². The molecule has 3 aliphatic rings.